The van der Waals surface area contributed by atoms with E-state index in [0.29, 0.717) is 21.1 Å². The zero-order chi connectivity index (χ0) is 24.8. The van der Waals surface area contributed by atoms with Crippen LogP contribution in [0.25, 0.3) is 0 Å². The Kier molecular flexibility index (Phi) is 8.04. The minimum absolute atomic E-state index is 0.0722. The molecule has 3 aromatic carbocycles. The number of nitrogens with zero attached hydrogens (tertiary/aromatic N) is 1. The van der Waals surface area contributed by atoms with Crippen molar-refractivity contribution >= 4 is 31.1 Å². The van der Waals surface area contributed by atoms with Crippen molar-refractivity contribution in [1.29, 1.82) is 0 Å². The van der Waals surface area contributed by atoms with Crippen LogP contribution < -0.4 is 15.3 Å². The summed E-state index contributed by atoms with van der Waals surface area (Å²) in [4.78, 5) is 4.75. The molecule has 2 nitrogen and oxygen atoms in total. The highest BCUT2D eigenvalue weighted by atomic mass is 31.1. The van der Waals surface area contributed by atoms with Gasteiger partial charge in [-0.25, -0.2) is 0 Å². The molecule has 2 unspecified atom stereocenters. The minimum Gasteiger partial charge on any atom is -0.492 e. The summed E-state index contributed by atoms with van der Waals surface area (Å²) in [5.74, 6) is 1.46. The molecule has 0 fully saturated rings. The quantitative estimate of drug-likeness (QED) is 0.253. The number of benzene rings is 3. The third kappa shape index (κ3) is 6.59. The van der Waals surface area contributed by atoms with Gasteiger partial charge in [0.25, 0.3) is 0 Å². The summed E-state index contributed by atoms with van der Waals surface area (Å²) in [6, 6.07) is 21.3. The molecule has 0 aliphatic heterocycles. The zero-order valence-corrected chi connectivity index (χ0v) is 22.5. The van der Waals surface area contributed by atoms with Gasteiger partial charge in [-0.15, -0.1) is 0 Å². The number of rotatable bonds is 7. The van der Waals surface area contributed by atoms with Crippen LogP contribution in [0, 0.1) is 19.8 Å². The van der Waals surface area contributed by atoms with Gasteiger partial charge in [-0.2, -0.15) is 0 Å². The Morgan fingerprint density at radius 2 is 1.77 bits per heavy atom. The smallest absolute Gasteiger partial charge is 0.129 e. The Morgan fingerprint density at radius 1 is 0.971 bits per heavy atom. The molecule has 1 aliphatic carbocycles. The molecule has 0 saturated carbocycles. The van der Waals surface area contributed by atoms with E-state index in [9.17, 15) is 0 Å². The normalized spacial score (nSPS) is 16.0. The van der Waals surface area contributed by atoms with E-state index in [0.717, 1.165) is 23.4 Å². The highest BCUT2D eigenvalue weighted by Gasteiger charge is 2.20. The SMILES string of the molecule is Cc1cc(C(C)(C)C)cc(Pc2c(C)cccc2/C=N/c2ccccc2)c1OCC1C=CC=CC1. The van der Waals surface area contributed by atoms with Crippen molar-refractivity contribution in [3.63, 3.8) is 0 Å². The Balaban J connectivity index is 1.70. The molecule has 2 atom stereocenters. The first-order valence-corrected chi connectivity index (χ1v) is 13.4. The Labute approximate surface area is 212 Å². The molecule has 0 bridgehead atoms. The molecule has 1 aliphatic rings. The molecule has 180 valence electrons. The summed E-state index contributed by atoms with van der Waals surface area (Å²) in [6.45, 7) is 11.9. The third-order valence-electron chi connectivity index (χ3n) is 6.33. The maximum atomic E-state index is 6.54. The molecule has 0 N–H and O–H groups in total. The summed E-state index contributed by atoms with van der Waals surface area (Å²) in [5.41, 5.74) is 6.04. The fourth-order valence-corrected chi connectivity index (χ4v) is 5.65. The fraction of sp³-hybridized carbons (Fsp3) is 0.281. The lowest BCUT2D eigenvalue weighted by atomic mass is 9.86. The number of aryl methyl sites for hydroxylation is 2. The molecule has 35 heavy (non-hydrogen) atoms. The largest absolute Gasteiger partial charge is 0.492 e. The molecule has 0 spiro atoms. The first kappa shape index (κ1) is 25.1. The lowest BCUT2D eigenvalue weighted by Crippen LogP contribution is -2.21. The van der Waals surface area contributed by atoms with Crippen molar-refractivity contribution in [2.75, 3.05) is 6.61 Å². The monoisotopic (exact) mass is 481 g/mol. The molecule has 0 amide bonds. The second-order valence-corrected chi connectivity index (χ2v) is 11.6. The van der Waals surface area contributed by atoms with Gasteiger partial charge in [0.05, 0.1) is 12.3 Å². The maximum absolute atomic E-state index is 6.54. The van der Waals surface area contributed by atoms with E-state index in [4.69, 9.17) is 9.73 Å². The molecule has 0 heterocycles. The van der Waals surface area contributed by atoms with Crippen LogP contribution in [0.4, 0.5) is 5.69 Å². The molecule has 3 heteroatoms. The Bertz CT molecular complexity index is 1250. The van der Waals surface area contributed by atoms with Crippen LogP contribution in [0.3, 0.4) is 0 Å². The van der Waals surface area contributed by atoms with E-state index >= 15 is 0 Å². The van der Waals surface area contributed by atoms with Crippen molar-refractivity contribution in [3.05, 3.63) is 107 Å². The standard InChI is InChI=1S/C32H36NOP/c1-23-13-12-16-26(21-33-28-17-10-7-11-18-28)31(23)35-29-20-27(32(3,4)5)19-24(2)30(29)34-22-25-14-8-6-9-15-25/h6-14,16-21,25,35H,15,22H2,1-5H3/b33-21+. The van der Waals surface area contributed by atoms with Gasteiger partial charge in [0.15, 0.2) is 0 Å². The molecule has 4 rings (SSSR count). The van der Waals surface area contributed by atoms with Gasteiger partial charge < -0.3 is 4.74 Å². The summed E-state index contributed by atoms with van der Waals surface area (Å²) in [7, 11) is 0.483. The number of para-hydroxylation sites is 1. The van der Waals surface area contributed by atoms with Gasteiger partial charge in [0.1, 0.15) is 5.75 Å². The van der Waals surface area contributed by atoms with Crippen LogP contribution in [-0.4, -0.2) is 12.8 Å². The van der Waals surface area contributed by atoms with E-state index in [1.54, 1.807) is 0 Å². The van der Waals surface area contributed by atoms with Crippen LogP contribution in [0.15, 0.2) is 90.0 Å². The number of hydrogen-bond donors (Lipinski definition) is 0. The molecule has 0 saturated heterocycles. The van der Waals surface area contributed by atoms with Crippen molar-refractivity contribution in [3.8, 4) is 5.75 Å². The van der Waals surface area contributed by atoms with Crippen molar-refractivity contribution < 1.29 is 4.74 Å². The van der Waals surface area contributed by atoms with E-state index in [2.05, 4.69) is 89.3 Å². The molecular weight excluding hydrogens is 445 g/mol. The van der Waals surface area contributed by atoms with Crippen LogP contribution >= 0.6 is 8.58 Å². The van der Waals surface area contributed by atoms with Crippen LogP contribution in [0.5, 0.6) is 5.75 Å². The number of allylic oxidation sites excluding steroid dienone is 3. The Morgan fingerprint density at radius 3 is 2.49 bits per heavy atom. The predicted molar refractivity (Wildman–Crippen MR) is 154 cm³/mol. The zero-order valence-electron chi connectivity index (χ0n) is 21.5. The van der Waals surface area contributed by atoms with Gasteiger partial charge in [-0.3, -0.25) is 4.99 Å². The first-order chi connectivity index (χ1) is 16.8. The summed E-state index contributed by atoms with van der Waals surface area (Å²) in [5, 5.41) is 2.59. The third-order valence-corrected chi connectivity index (χ3v) is 7.90. The highest BCUT2D eigenvalue weighted by Crippen LogP contribution is 2.32. The van der Waals surface area contributed by atoms with Gasteiger partial charge in [-0.05, 0) is 65.9 Å². The van der Waals surface area contributed by atoms with Crippen LogP contribution in [-0.2, 0) is 5.41 Å². The summed E-state index contributed by atoms with van der Waals surface area (Å²) in [6.07, 6.45) is 11.7. The maximum Gasteiger partial charge on any atom is 0.129 e. The highest BCUT2D eigenvalue weighted by molar-refractivity contribution is 7.56. The second-order valence-electron chi connectivity index (χ2n) is 10.3. The number of ether oxygens (including phenoxy) is 1. The average molecular weight is 482 g/mol. The minimum atomic E-state index is 0.0722. The van der Waals surface area contributed by atoms with Crippen molar-refractivity contribution in [1.82, 2.24) is 0 Å². The van der Waals surface area contributed by atoms with Crippen LogP contribution in [0.2, 0.25) is 0 Å². The van der Waals surface area contributed by atoms with Crippen molar-refractivity contribution in [2.45, 2.75) is 46.5 Å². The van der Waals surface area contributed by atoms with Crippen LogP contribution in [0.1, 0.15) is 49.4 Å². The predicted octanol–water partition coefficient (Wildman–Crippen LogP) is 7.49. The second kappa shape index (κ2) is 11.2. The molecule has 0 aromatic heterocycles. The first-order valence-electron chi connectivity index (χ1n) is 12.4. The summed E-state index contributed by atoms with van der Waals surface area (Å²) < 4.78 is 6.54. The van der Waals surface area contributed by atoms with Gasteiger partial charge in [-0.1, -0.05) is 96.1 Å². The van der Waals surface area contributed by atoms with Gasteiger partial charge in [0.2, 0.25) is 0 Å². The van der Waals surface area contributed by atoms with Gasteiger partial charge in [0, 0.05) is 23.0 Å². The number of aliphatic imine (C=N–C) groups is 1. The molecular formula is C32H36NOP. The Hall–Kier alpha value is -2.96. The van der Waals surface area contributed by atoms with E-state index in [1.807, 2.05) is 36.5 Å². The van der Waals surface area contributed by atoms with E-state index in [1.165, 1.54) is 27.3 Å². The van der Waals surface area contributed by atoms with E-state index in [-0.39, 0.29) is 5.41 Å². The topological polar surface area (TPSA) is 21.6 Å². The lowest BCUT2D eigenvalue weighted by Gasteiger charge is -2.25. The average Bonchev–Trinajstić information content (AvgIpc) is 2.84. The fourth-order valence-electron chi connectivity index (χ4n) is 4.20. The van der Waals surface area contributed by atoms with Crippen molar-refractivity contribution in [2.24, 2.45) is 10.9 Å². The van der Waals surface area contributed by atoms with Gasteiger partial charge >= 0.3 is 0 Å². The summed E-state index contributed by atoms with van der Waals surface area (Å²) >= 11 is 0. The number of hydrogen-bond acceptors (Lipinski definition) is 2. The molecule has 3 aromatic rings. The molecule has 0 radical (unpaired) electrons. The van der Waals surface area contributed by atoms with E-state index < -0.39 is 0 Å². The lowest BCUT2D eigenvalue weighted by molar-refractivity contribution is 0.276.